The summed E-state index contributed by atoms with van der Waals surface area (Å²) in [6.07, 6.45) is -3.04. The van der Waals surface area contributed by atoms with Crippen LogP contribution in [0.4, 0.5) is 13.2 Å². The van der Waals surface area contributed by atoms with Crippen LogP contribution in [0.2, 0.25) is 0 Å². The zero-order valence-electron chi connectivity index (χ0n) is 12.4. The number of amides is 1. The first-order chi connectivity index (χ1) is 10.7. The Hall–Kier alpha value is -1.61. The molecule has 1 aromatic carbocycles. The summed E-state index contributed by atoms with van der Waals surface area (Å²) >= 11 is 0. The van der Waals surface area contributed by atoms with Gasteiger partial charge in [-0.05, 0) is 31.0 Å². The number of carbonyl (C=O) groups excluding carboxylic acids is 1. The van der Waals surface area contributed by atoms with Gasteiger partial charge in [0.2, 0.25) is 15.9 Å². The molecular formula is C14H17F3N2O3S. The molecule has 2 rings (SSSR count). The Morgan fingerprint density at radius 1 is 1.30 bits per heavy atom. The number of nitrogens with zero attached hydrogens (tertiary/aromatic N) is 1. The van der Waals surface area contributed by atoms with Gasteiger partial charge in [-0.3, -0.25) is 4.79 Å². The van der Waals surface area contributed by atoms with Gasteiger partial charge in [0.05, 0.1) is 10.5 Å². The van der Waals surface area contributed by atoms with Crippen LogP contribution >= 0.6 is 0 Å². The standard InChI is InChI=1S/C14H17F3N2O3S/c1-18-13(20)12-7-2-3-8-19(12)23(21,22)11-6-4-5-10(9-11)14(15,16)17/h4-6,9,12H,2-3,7-8H2,1H3,(H,18,20)/t12-/m1/s1. The van der Waals surface area contributed by atoms with Crippen molar-refractivity contribution in [3.63, 3.8) is 0 Å². The Morgan fingerprint density at radius 2 is 2.00 bits per heavy atom. The van der Waals surface area contributed by atoms with Gasteiger partial charge < -0.3 is 5.32 Å². The maximum Gasteiger partial charge on any atom is 0.416 e. The molecule has 1 amide bonds. The van der Waals surface area contributed by atoms with Gasteiger partial charge in [-0.15, -0.1) is 0 Å². The van der Waals surface area contributed by atoms with Gasteiger partial charge in [-0.2, -0.15) is 17.5 Å². The lowest BCUT2D eigenvalue weighted by atomic mass is 10.0. The highest BCUT2D eigenvalue weighted by Gasteiger charge is 2.38. The number of rotatable bonds is 3. The molecule has 128 valence electrons. The van der Waals surface area contributed by atoms with Crippen LogP contribution in [0.1, 0.15) is 24.8 Å². The van der Waals surface area contributed by atoms with E-state index in [1.807, 2.05) is 0 Å². The van der Waals surface area contributed by atoms with Crippen molar-refractivity contribution in [2.45, 2.75) is 36.4 Å². The molecule has 9 heteroatoms. The molecule has 5 nitrogen and oxygen atoms in total. The van der Waals surface area contributed by atoms with Crippen LogP contribution in [0, 0.1) is 0 Å². The number of likely N-dealkylation sites (N-methyl/N-ethyl adjacent to an activating group) is 1. The smallest absolute Gasteiger partial charge is 0.358 e. The molecule has 1 saturated heterocycles. The number of piperidine rings is 1. The van der Waals surface area contributed by atoms with Crippen molar-refractivity contribution >= 4 is 15.9 Å². The summed E-state index contributed by atoms with van der Waals surface area (Å²) < 4.78 is 64.7. The van der Waals surface area contributed by atoms with Crippen molar-refractivity contribution < 1.29 is 26.4 Å². The molecule has 0 bridgehead atoms. The Morgan fingerprint density at radius 3 is 2.61 bits per heavy atom. The number of hydrogen-bond acceptors (Lipinski definition) is 3. The lowest BCUT2D eigenvalue weighted by Gasteiger charge is -2.33. The van der Waals surface area contributed by atoms with Crippen molar-refractivity contribution in [3.8, 4) is 0 Å². The summed E-state index contributed by atoms with van der Waals surface area (Å²) in [5, 5.41) is 2.40. The van der Waals surface area contributed by atoms with E-state index in [4.69, 9.17) is 0 Å². The SMILES string of the molecule is CNC(=O)[C@H]1CCCCN1S(=O)(=O)c1cccc(C(F)(F)F)c1. The number of nitrogens with one attached hydrogen (secondary N) is 1. The normalized spacial score (nSPS) is 20.3. The molecule has 0 unspecified atom stereocenters. The van der Waals surface area contributed by atoms with E-state index in [1.165, 1.54) is 7.05 Å². The molecule has 0 radical (unpaired) electrons. The largest absolute Gasteiger partial charge is 0.416 e. The van der Waals surface area contributed by atoms with E-state index in [2.05, 4.69) is 5.32 Å². The molecule has 0 saturated carbocycles. The number of sulfonamides is 1. The fraction of sp³-hybridized carbons (Fsp3) is 0.500. The number of benzene rings is 1. The summed E-state index contributed by atoms with van der Waals surface area (Å²) in [6, 6.07) is 2.68. The summed E-state index contributed by atoms with van der Waals surface area (Å²) in [5.74, 6) is -0.458. The Labute approximate surface area is 132 Å². The summed E-state index contributed by atoms with van der Waals surface area (Å²) in [5.41, 5.74) is -1.04. The van der Waals surface area contributed by atoms with Crippen molar-refractivity contribution in [1.29, 1.82) is 0 Å². The first-order valence-corrected chi connectivity index (χ1v) is 8.52. The molecule has 1 aliphatic heterocycles. The molecular weight excluding hydrogens is 333 g/mol. The average Bonchev–Trinajstić information content (AvgIpc) is 2.53. The Kier molecular flexibility index (Phi) is 5.00. The third-order valence-corrected chi connectivity index (χ3v) is 5.67. The topological polar surface area (TPSA) is 66.5 Å². The average molecular weight is 350 g/mol. The fourth-order valence-electron chi connectivity index (χ4n) is 2.59. The predicted octanol–water partition coefficient (Wildman–Crippen LogP) is 1.99. The first kappa shape index (κ1) is 17.7. The van der Waals surface area contributed by atoms with Crippen molar-refractivity contribution in [2.24, 2.45) is 0 Å². The van der Waals surface area contributed by atoms with Crippen molar-refractivity contribution in [2.75, 3.05) is 13.6 Å². The van der Waals surface area contributed by atoms with Crippen LogP contribution in [-0.2, 0) is 21.0 Å². The zero-order valence-corrected chi connectivity index (χ0v) is 13.2. The summed E-state index contributed by atoms with van der Waals surface area (Å²) in [6.45, 7) is 0.108. The minimum atomic E-state index is -4.63. The van der Waals surface area contributed by atoms with Crippen molar-refractivity contribution in [1.82, 2.24) is 9.62 Å². The van der Waals surface area contributed by atoms with E-state index in [1.54, 1.807) is 0 Å². The van der Waals surface area contributed by atoms with Crippen molar-refractivity contribution in [3.05, 3.63) is 29.8 Å². The van der Waals surface area contributed by atoms with E-state index >= 15 is 0 Å². The second-order valence-corrected chi connectivity index (χ2v) is 7.16. The number of halogens is 3. The fourth-order valence-corrected chi connectivity index (χ4v) is 4.29. The van der Waals surface area contributed by atoms with Crippen LogP contribution in [0.3, 0.4) is 0 Å². The lowest BCUT2D eigenvalue weighted by Crippen LogP contribution is -2.51. The highest BCUT2D eigenvalue weighted by molar-refractivity contribution is 7.89. The van der Waals surface area contributed by atoms with Crippen LogP contribution < -0.4 is 5.32 Å². The summed E-state index contributed by atoms with van der Waals surface area (Å²) in [4.78, 5) is 11.4. The first-order valence-electron chi connectivity index (χ1n) is 7.08. The monoisotopic (exact) mass is 350 g/mol. The van der Waals surface area contributed by atoms with E-state index in [0.717, 1.165) is 22.5 Å². The molecule has 0 spiro atoms. The Bertz CT molecular complexity index is 689. The van der Waals surface area contributed by atoms with E-state index in [0.29, 0.717) is 25.3 Å². The van der Waals surface area contributed by atoms with E-state index < -0.39 is 38.6 Å². The maximum atomic E-state index is 12.8. The van der Waals surface area contributed by atoms with Gasteiger partial charge in [0, 0.05) is 13.6 Å². The number of alkyl halides is 3. The maximum absolute atomic E-state index is 12.8. The molecule has 1 heterocycles. The van der Waals surface area contributed by atoms with Crippen LogP contribution in [-0.4, -0.2) is 38.3 Å². The molecule has 1 N–H and O–H groups in total. The molecule has 1 aromatic rings. The molecule has 0 aliphatic carbocycles. The molecule has 1 fully saturated rings. The quantitative estimate of drug-likeness (QED) is 0.907. The van der Waals surface area contributed by atoms with Gasteiger partial charge in [-0.1, -0.05) is 12.5 Å². The van der Waals surface area contributed by atoms with E-state index in [-0.39, 0.29) is 6.54 Å². The third kappa shape index (κ3) is 3.66. The summed E-state index contributed by atoms with van der Waals surface area (Å²) in [7, 11) is -2.78. The van der Waals surface area contributed by atoms with Gasteiger partial charge in [0.25, 0.3) is 0 Å². The molecule has 1 aliphatic rings. The van der Waals surface area contributed by atoms with Crippen LogP contribution in [0.15, 0.2) is 29.2 Å². The lowest BCUT2D eigenvalue weighted by molar-refractivity contribution is -0.137. The third-order valence-electron chi connectivity index (χ3n) is 3.77. The highest BCUT2D eigenvalue weighted by atomic mass is 32.2. The predicted molar refractivity (Wildman–Crippen MR) is 77.0 cm³/mol. The van der Waals surface area contributed by atoms with Crippen LogP contribution in [0.25, 0.3) is 0 Å². The minimum Gasteiger partial charge on any atom is -0.358 e. The van der Waals surface area contributed by atoms with Gasteiger partial charge >= 0.3 is 6.18 Å². The molecule has 23 heavy (non-hydrogen) atoms. The van der Waals surface area contributed by atoms with Gasteiger partial charge in [-0.25, -0.2) is 8.42 Å². The molecule has 0 aromatic heterocycles. The Balaban J connectivity index is 2.42. The number of hydrogen-bond donors (Lipinski definition) is 1. The highest BCUT2D eigenvalue weighted by Crippen LogP contribution is 2.32. The molecule has 1 atom stereocenters. The zero-order chi connectivity index (χ0) is 17.3. The van der Waals surface area contributed by atoms with Gasteiger partial charge in [0.15, 0.2) is 0 Å². The second kappa shape index (κ2) is 6.48. The van der Waals surface area contributed by atoms with Crippen LogP contribution in [0.5, 0.6) is 0 Å². The van der Waals surface area contributed by atoms with E-state index in [9.17, 15) is 26.4 Å². The minimum absolute atomic E-state index is 0.108. The van der Waals surface area contributed by atoms with Gasteiger partial charge in [0.1, 0.15) is 6.04 Å². The second-order valence-electron chi connectivity index (χ2n) is 5.27. The number of carbonyl (C=O) groups is 1.